The fourth-order valence-corrected chi connectivity index (χ4v) is 6.66. The fraction of sp³-hybridized carbons (Fsp3) is 0.222. The van der Waals surface area contributed by atoms with Gasteiger partial charge in [-0.1, -0.05) is 52.9 Å². The summed E-state index contributed by atoms with van der Waals surface area (Å²) in [4.78, 5) is 38.1. The number of carbonyl (C=O) groups is 2. The molecule has 1 amide bonds. The molecule has 2 heterocycles. The average Bonchev–Trinajstić information content (AvgIpc) is 3.41. The maximum absolute atomic E-state index is 13.2. The van der Waals surface area contributed by atoms with Gasteiger partial charge in [0.2, 0.25) is 11.0 Å². The highest BCUT2D eigenvalue weighted by Gasteiger charge is 2.41. The van der Waals surface area contributed by atoms with E-state index in [2.05, 4.69) is 21.6 Å². The number of hydrogen-bond donors (Lipinski definition) is 2. The molecule has 0 saturated heterocycles. The predicted molar refractivity (Wildman–Crippen MR) is 156 cm³/mol. The quantitative estimate of drug-likeness (QED) is 0.200. The van der Waals surface area contributed by atoms with E-state index < -0.39 is 10.8 Å². The van der Waals surface area contributed by atoms with Gasteiger partial charge in [-0.2, -0.15) is 5.26 Å². The molecule has 0 saturated carbocycles. The van der Waals surface area contributed by atoms with Crippen LogP contribution < -0.4 is 16.0 Å². The summed E-state index contributed by atoms with van der Waals surface area (Å²) < 4.78 is 0.473. The molecule has 5 rings (SSSR count). The van der Waals surface area contributed by atoms with Crippen molar-refractivity contribution in [1.29, 1.82) is 5.26 Å². The van der Waals surface area contributed by atoms with Crippen molar-refractivity contribution >= 4 is 62.9 Å². The number of halogens is 1. The van der Waals surface area contributed by atoms with E-state index in [-0.39, 0.29) is 34.5 Å². The summed E-state index contributed by atoms with van der Waals surface area (Å²) in [6.45, 7) is 1.62. The summed E-state index contributed by atoms with van der Waals surface area (Å²) in [6, 6.07) is 13.7. The monoisotopic (exact) mass is 607 g/mol. The van der Waals surface area contributed by atoms with Crippen LogP contribution in [0.25, 0.3) is 0 Å². The molecule has 3 aromatic rings. The lowest BCUT2D eigenvalue weighted by Gasteiger charge is -2.38. The molecule has 14 heteroatoms. The van der Waals surface area contributed by atoms with Gasteiger partial charge in [-0.3, -0.25) is 24.6 Å². The highest BCUT2D eigenvalue weighted by molar-refractivity contribution is 8.01. The van der Waals surface area contributed by atoms with E-state index in [1.807, 2.05) is 0 Å². The van der Waals surface area contributed by atoms with E-state index >= 15 is 0 Å². The molecule has 208 valence electrons. The Kier molecular flexibility index (Phi) is 8.07. The maximum atomic E-state index is 13.2. The number of Topliss-reactive ketones (excluding diaryl/α,β-unsaturated/α-hetero) is 1. The Bertz CT molecular complexity index is 1680. The lowest BCUT2D eigenvalue weighted by molar-refractivity contribution is -0.385. The van der Waals surface area contributed by atoms with E-state index in [1.165, 1.54) is 17.4 Å². The third kappa shape index (κ3) is 5.67. The Balaban J connectivity index is 1.38. The van der Waals surface area contributed by atoms with Gasteiger partial charge in [-0.05, 0) is 43.5 Å². The van der Waals surface area contributed by atoms with Gasteiger partial charge >= 0.3 is 0 Å². The average molecular weight is 608 g/mol. The van der Waals surface area contributed by atoms with Gasteiger partial charge in [0, 0.05) is 40.0 Å². The number of nitrogens with one attached hydrogen (secondary N) is 1. The van der Waals surface area contributed by atoms with Crippen LogP contribution in [0.4, 0.5) is 16.5 Å². The molecule has 11 nitrogen and oxygen atoms in total. The molecule has 1 aromatic heterocycles. The number of amides is 1. The van der Waals surface area contributed by atoms with E-state index in [4.69, 9.17) is 17.3 Å². The SMILES string of the molecule is Cc1ccc(NC(=O)CSc2nnc(N3C(N)=C(C#N)C(c4ccc(Cl)cc4)C4=C3CCCC4=O)s2)cc1[N+](=O)[O-]. The zero-order chi connectivity index (χ0) is 29.3. The van der Waals surface area contributed by atoms with Crippen LogP contribution in [-0.2, 0) is 9.59 Å². The number of nitro benzene ring substituents is 1. The first-order valence-electron chi connectivity index (χ1n) is 12.4. The van der Waals surface area contributed by atoms with Crippen LogP contribution in [0.15, 0.2) is 69.5 Å². The van der Waals surface area contributed by atoms with Crippen LogP contribution >= 0.6 is 34.7 Å². The molecular formula is C27H22ClN7O4S2. The van der Waals surface area contributed by atoms with Gasteiger partial charge in [0.15, 0.2) is 10.1 Å². The number of carbonyl (C=O) groups excluding carboxylic acids is 2. The summed E-state index contributed by atoms with van der Waals surface area (Å²) in [5.74, 6) is -0.881. The maximum Gasteiger partial charge on any atom is 0.274 e. The number of nitro groups is 1. The minimum absolute atomic E-state index is 0.0177. The largest absolute Gasteiger partial charge is 0.384 e. The third-order valence-corrected chi connectivity index (χ3v) is 9.01. The molecule has 0 bridgehead atoms. The molecule has 0 fully saturated rings. The Morgan fingerprint density at radius 1 is 1.29 bits per heavy atom. The van der Waals surface area contributed by atoms with Crippen molar-refractivity contribution in [3.05, 3.63) is 91.4 Å². The van der Waals surface area contributed by atoms with Crippen molar-refractivity contribution in [3.63, 3.8) is 0 Å². The van der Waals surface area contributed by atoms with Crippen molar-refractivity contribution in [2.45, 2.75) is 36.4 Å². The van der Waals surface area contributed by atoms with Crippen LogP contribution in [-0.4, -0.2) is 32.6 Å². The third-order valence-electron chi connectivity index (χ3n) is 6.72. The number of nitrogens with zero attached hydrogens (tertiary/aromatic N) is 5. The molecule has 0 spiro atoms. The molecular weight excluding hydrogens is 586 g/mol. The summed E-state index contributed by atoms with van der Waals surface area (Å²) in [7, 11) is 0. The van der Waals surface area contributed by atoms with Gasteiger partial charge in [0.25, 0.3) is 5.69 Å². The number of aryl methyl sites for hydroxylation is 1. The van der Waals surface area contributed by atoms with Crippen molar-refractivity contribution in [2.24, 2.45) is 5.73 Å². The summed E-state index contributed by atoms with van der Waals surface area (Å²) >= 11 is 8.39. The number of thioether (sulfide) groups is 1. The molecule has 3 N–H and O–H groups in total. The topological polar surface area (TPSA) is 168 Å². The van der Waals surface area contributed by atoms with Crippen LogP contribution in [0.3, 0.4) is 0 Å². The highest BCUT2D eigenvalue weighted by atomic mass is 35.5. The lowest BCUT2D eigenvalue weighted by atomic mass is 9.76. The first kappa shape index (κ1) is 28.3. The van der Waals surface area contributed by atoms with Crippen LogP contribution in [0.1, 0.15) is 36.3 Å². The second-order valence-electron chi connectivity index (χ2n) is 9.31. The molecule has 1 aliphatic carbocycles. The van der Waals surface area contributed by atoms with Gasteiger partial charge in [0.05, 0.1) is 28.2 Å². The number of allylic oxidation sites excluding steroid dienone is 3. The van der Waals surface area contributed by atoms with Crippen molar-refractivity contribution in [1.82, 2.24) is 10.2 Å². The van der Waals surface area contributed by atoms with Crippen LogP contribution in [0, 0.1) is 28.4 Å². The highest BCUT2D eigenvalue weighted by Crippen LogP contribution is 2.47. The molecule has 2 aromatic carbocycles. The minimum atomic E-state index is -0.612. The minimum Gasteiger partial charge on any atom is -0.384 e. The molecule has 1 unspecified atom stereocenters. The summed E-state index contributed by atoms with van der Waals surface area (Å²) in [5.41, 5.74) is 9.47. The number of nitrogens with two attached hydrogens (primary N) is 1. The van der Waals surface area contributed by atoms with E-state index in [0.717, 1.165) is 17.3 Å². The lowest BCUT2D eigenvalue weighted by Crippen LogP contribution is -2.38. The van der Waals surface area contributed by atoms with Crippen molar-refractivity contribution in [2.75, 3.05) is 16.0 Å². The first-order valence-corrected chi connectivity index (χ1v) is 14.6. The normalized spacial score (nSPS) is 16.9. The van der Waals surface area contributed by atoms with Gasteiger partial charge in [0.1, 0.15) is 5.82 Å². The van der Waals surface area contributed by atoms with E-state index in [1.54, 1.807) is 48.2 Å². The number of aromatic nitrogens is 2. The number of rotatable bonds is 7. The number of anilines is 2. The zero-order valence-electron chi connectivity index (χ0n) is 21.6. The smallest absolute Gasteiger partial charge is 0.274 e. The Hall–Kier alpha value is -4.25. The van der Waals surface area contributed by atoms with Crippen molar-refractivity contribution in [3.8, 4) is 6.07 Å². The molecule has 1 aliphatic heterocycles. The number of ketones is 1. The summed E-state index contributed by atoms with van der Waals surface area (Å²) in [6.07, 6.45) is 1.57. The Labute approximate surface area is 247 Å². The Morgan fingerprint density at radius 3 is 2.76 bits per heavy atom. The predicted octanol–water partition coefficient (Wildman–Crippen LogP) is 5.44. The summed E-state index contributed by atoms with van der Waals surface area (Å²) in [5, 5.41) is 33.3. The number of benzene rings is 2. The first-order chi connectivity index (χ1) is 19.7. The standard InChI is InChI=1S/C27H22ClN7O4S2/c1-14-5-10-17(11-20(14)35(38)39)31-22(37)13-40-27-33-32-26(41-27)34-19-3-2-4-21(36)24(19)23(18(12-29)25(34)30)15-6-8-16(28)9-7-15/h5-11,23H,2-4,13,30H2,1H3,(H,31,37). The van der Waals surface area contributed by atoms with Gasteiger partial charge < -0.3 is 11.1 Å². The Morgan fingerprint density at radius 2 is 2.05 bits per heavy atom. The van der Waals surface area contributed by atoms with Crippen LogP contribution in [0.5, 0.6) is 0 Å². The number of hydrogen-bond acceptors (Lipinski definition) is 11. The number of nitriles is 1. The van der Waals surface area contributed by atoms with E-state index in [9.17, 15) is 25.0 Å². The van der Waals surface area contributed by atoms with Crippen molar-refractivity contribution < 1.29 is 14.5 Å². The molecule has 1 atom stereocenters. The zero-order valence-corrected chi connectivity index (χ0v) is 24.0. The van der Waals surface area contributed by atoms with Gasteiger partial charge in [-0.25, -0.2) is 0 Å². The molecule has 2 aliphatic rings. The molecule has 41 heavy (non-hydrogen) atoms. The van der Waals surface area contributed by atoms with Crippen LogP contribution in [0.2, 0.25) is 5.02 Å². The fourth-order valence-electron chi connectivity index (χ4n) is 4.85. The van der Waals surface area contributed by atoms with E-state index in [0.29, 0.717) is 56.3 Å². The van der Waals surface area contributed by atoms with Gasteiger partial charge in [-0.15, -0.1) is 10.2 Å². The second kappa shape index (κ2) is 11.7. The molecule has 0 radical (unpaired) electrons. The second-order valence-corrected chi connectivity index (χ2v) is 11.9.